The minimum absolute atomic E-state index is 0.0602. The number of ether oxygens (including phenoxy) is 1. The lowest BCUT2D eigenvalue weighted by Gasteiger charge is -2.32. The number of hydrogen-bond donors (Lipinski definition) is 3. The van der Waals surface area contributed by atoms with Crippen molar-refractivity contribution in [2.24, 2.45) is 0 Å². The maximum atomic E-state index is 13.9. The number of para-hydroxylation sites is 1. The van der Waals surface area contributed by atoms with Crippen molar-refractivity contribution in [3.8, 4) is 5.75 Å². The van der Waals surface area contributed by atoms with Crippen LogP contribution >= 0.6 is 0 Å². The molecule has 2 aromatic carbocycles. The molecule has 3 rings (SSSR count). The summed E-state index contributed by atoms with van der Waals surface area (Å²) in [6.07, 6.45) is 0. The lowest BCUT2D eigenvalue weighted by atomic mass is 10.1. The molecule has 0 aliphatic carbocycles. The van der Waals surface area contributed by atoms with E-state index < -0.39 is 0 Å². The Bertz CT molecular complexity index is 819. The maximum Gasteiger partial charge on any atom is 0.282 e. The van der Waals surface area contributed by atoms with Crippen LogP contribution in [0.3, 0.4) is 0 Å². The first kappa shape index (κ1) is 20.3. The van der Waals surface area contributed by atoms with Crippen molar-refractivity contribution in [3.63, 3.8) is 0 Å². The average Bonchev–Trinajstić information content (AvgIpc) is 2.70. The standard InChI is InChI=1S/C22H28FN3O2/c1-16-6-4-5-7-20(16)24-22(27)17(2)26-12-10-25(11-13-26)15-18-8-9-21(28-3)19(23)14-18/h4-9,14,17H,10-13,15H2,1-3H3,(H,24,27)/p+2/t17-/m1/s1. The number of halogens is 1. The van der Waals surface area contributed by atoms with Gasteiger partial charge in [-0.15, -0.1) is 0 Å². The van der Waals surface area contributed by atoms with Crippen molar-refractivity contribution in [2.45, 2.75) is 26.4 Å². The Morgan fingerprint density at radius 2 is 1.89 bits per heavy atom. The summed E-state index contributed by atoms with van der Waals surface area (Å²) in [5.74, 6) is 0.0247. The number of nitrogens with one attached hydrogen (secondary N) is 3. The lowest BCUT2D eigenvalue weighted by molar-refractivity contribution is -1.02. The first-order valence-corrected chi connectivity index (χ1v) is 9.85. The van der Waals surface area contributed by atoms with E-state index in [2.05, 4.69) is 5.32 Å². The van der Waals surface area contributed by atoms with E-state index in [1.54, 1.807) is 12.1 Å². The van der Waals surface area contributed by atoms with Crippen LogP contribution in [0.4, 0.5) is 10.1 Å². The molecule has 0 spiro atoms. The molecule has 28 heavy (non-hydrogen) atoms. The van der Waals surface area contributed by atoms with Crippen LogP contribution in [-0.2, 0) is 11.3 Å². The number of carbonyl (C=O) groups excluding carboxylic acids is 1. The van der Waals surface area contributed by atoms with Gasteiger partial charge < -0.3 is 19.9 Å². The molecule has 1 aliphatic heterocycles. The number of amides is 1. The molecule has 1 amide bonds. The number of anilines is 1. The van der Waals surface area contributed by atoms with E-state index >= 15 is 0 Å². The number of carbonyl (C=O) groups is 1. The van der Waals surface area contributed by atoms with Gasteiger partial charge >= 0.3 is 0 Å². The first-order chi connectivity index (χ1) is 13.5. The second-order valence-electron chi connectivity index (χ2n) is 7.58. The van der Waals surface area contributed by atoms with Gasteiger partial charge in [-0.25, -0.2) is 4.39 Å². The van der Waals surface area contributed by atoms with Crippen molar-refractivity contribution in [2.75, 3.05) is 38.6 Å². The van der Waals surface area contributed by atoms with Crippen molar-refractivity contribution in [1.29, 1.82) is 0 Å². The van der Waals surface area contributed by atoms with Gasteiger partial charge in [-0.3, -0.25) is 4.79 Å². The van der Waals surface area contributed by atoms with Crippen LogP contribution in [-0.4, -0.2) is 45.2 Å². The summed E-state index contributed by atoms with van der Waals surface area (Å²) in [6, 6.07) is 12.9. The Morgan fingerprint density at radius 1 is 1.18 bits per heavy atom. The summed E-state index contributed by atoms with van der Waals surface area (Å²) in [5.41, 5.74) is 2.92. The minimum atomic E-state index is -0.315. The molecule has 0 unspecified atom stereocenters. The third-order valence-electron chi connectivity index (χ3n) is 5.68. The molecule has 3 N–H and O–H groups in total. The van der Waals surface area contributed by atoms with E-state index in [1.165, 1.54) is 16.9 Å². The van der Waals surface area contributed by atoms with Gasteiger partial charge in [0.05, 0.1) is 7.11 Å². The van der Waals surface area contributed by atoms with E-state index in [0.717, 1.165) is 49.5 Å². The molecule has 0 bridgehead atoms. The average molecular weight is 387 g/mol. The van der Waals surface area contributed by atoms with Gasteiger partial charge in [-0.1, -0.05) is 18.2 Å². The van der Waals surface area contributed by atoms with Gasteiger partial charge in [0.2, 0.25) is 0 Å². The Labute approximate surface area is 166 Å². The Kier molecular flexibility index (Phi) is 6.65. The highest BCUT2D eigenvalue weighted by Gasteiger charge is 2.31. The molecule has 1 aliphatic rings. The molecule has 6 heteroatoms. The SMILES string of the molecule is COc1ccc(C[NH+]2CC[NH+]([C@H](C)C(=O)Nc3ccccc3C)CC2)cc1F. The van der Waals surface area contributed by atoms with Gasteiger partial charge in [-0.05, 0) is 43.7 Å². The van der Waals surface area contributed by atoms with Crippen LogP contribution in [0.2, 0.25) is 0 Å². The van der Waals surface area contributed by atoms with E-state index in [9.17, 15) is 9.18 Å². The molecule has 1 heterocycles. The quantitative estimate of drug-likeness (QED) is 0.674. The number of quaternary nitrogens is 2. The third kappa shape index (κ3) is 4.88. The van der Waals surface area contributed by atoms with Crippen LogP contribution in [0.25, 0.3) is 0 Å². The smallest absolute Gasteiger partial charge is 0.282 e. The predicted octanol–water partition coefficient (Wildman–Crippen LogP) is 0.453. The Morgan fingerprint density at radius 3 is 2.54 bits per heavy atom. The highest BCUT2D eigenvalue weighted by atomic mass is 19.1. The van der Waals surface area contributed by atoms with E-state index in [0.29, 0.717) is 0 Å². The van der Waals surface area contributed by atoms with Gasteiger partial charge in [-0.2, -0.15) is 0 Å². The molecule has 0 saturated carbocycles. The number of rotatable bonds is 6. The summed E-state index contributed by atoms with van der Waals surface area (Å²) < 4.78 is 18.9. The van der Waals surface area contributed by atoms with Gasteiger partial charge in [0.15, 0.2) is 17.6 Å². The minimum Gasteiger partial charge on any atom is -0.494 e. The van der Waals surface area contributed by atoms with Crippen molar-refractivity contribution >= 4 is 11.6 Å². The molecule has 150 valence electrons. The number of hydrogen-bond acceptors (Lipinski definition) is 2. The monoisotopic (exact) mass is 387 g/mol. The van der Waals surface area contributed by atoms with Crippen LogP contribution in [0, 0.1) is 12.7 Å². The van der Waals surface area contributed by atoms with Crippen molar-refractivity contribution in [3.05, 3.63) is 59.4 Å². The topological polar surface area (TPSA) is 47.2 Å². The summed E-state index contributed by atoms with van der Waals surface area (Å²) in [4.78, 5) is 15.4. The van der Waals surface area contributed by atoms with Crippen LogP contribution < -0.4 is 19.9 Å². The first-order valence-electron chi connectivity index (χ1n) is 9.85. The zero-order valence-electron chi connectivity index (χ0n) is 16.8. The van der Waals surface area contributed by atoms with Gasteiger partial charge in [0.25, 0.3) is 5.91 Å². The molecule has 1 saturated heterocycles. The number of piperazine rings is 1. The second-order valence-corrected chi connectivity index (χ2v) is 7.58. The van der Waals surface area contributed by atoms with Gasteiger partial charge in [0.1, 0.15) is 32.7 Å². The Hall–Kier alpha value is -2.44. The number of benzene rings is 2. The van der Waals surface area contributed by atoms with E-state index in [-0.39, 0.29) is 23.5 Å². The zero-order chi connectivity index (χ0) is 20.1. The summed E-state index contributed by atoms with van der Waals surface area (Å²) in [5, 5.41) is 3.06. The summed E-state index contributed by atoms with van der Waals surface area (Å²) in [7, 11) is 1.47. The largest absolute Gasteiger partial charge is 0.494 e. The zero-order valence-corrected chi connectivity index (χ0v) is 16.8. The van der Waals surface area contributed by atoms with E-state index in [4.69, 9.17) is 4.74 Å². The van der Waals surface area contributed by atoms with Crippen molar-refractivity contribution in [1.82, 2.24) is 0 Å². The molecule has 1 fully saturated rings. The third-order valence-corrected chi connectivity index (χ3v) is 5.68. The highest BCUT2D eigenvalue weighted by Crippen LogP contribution is 2.17. The summed E-state index contributed by atoms with van der Waals surface area (Å²) in [6.45, 7) is 8.56. The van der Waals surface area contributed by atoms with Crippen molar-refractivity contribution < 1.29 is 23.7 Å². The number of methoxy groups -OCH3 is 1. The molecule has 0 radical (unpaired) electrons. The summed E-state index contributed by atoms with van der Waals surface area (Å²) >= 11 is 0. The fraction of sp³-hybridized carbons (Fsp3) is 0.409. The second kappa shape index (κ2) is 9.17. The number of aryl methyl sites for hydroxylation is 1. The lowest BCUT2D eigenvalue weighted by Crippen LogP contribution is -3.29. The molecule has 2 aromatic rings. The normalized spacial score (nSPS) is 20.4. The highest BCUT2D eigenvalue weighted by molar-refractivity contribution is 5.94. The molecular weight excluding hydrogens is 357 g/mol. The molecule has 5 nitrogen and oxygen atoms in total. The molecular formula is C22H30FN3O2+2. The molecule has 0 aromatic heterocycles. The Balaban J connectivity index is 1.51. The van der Waals surface area contributed by atoms with Gasteiger partial charge in [0, 0.05) is 11.3 Å². The van der Waals surface area contributed by atoms with E-state index in [1.807, 2.05) is 44.2 Å². The van der Waals surface area contributed by atoms with Crippen LogP contribution in [0.1, 0.15) is 18.1 Å². The predicted molar refractivity (Wildman–Crippen MR) is 107 cm³/mol. The fourth-order valence-corrected chi connectivity index (χ4v) is 3.78. The van der Waals surface area contributed by atoms with Crippen LogP contribution in [0.15, 0.2) is 42.5 Å². The fourth-order valence-electron chi connectivity index (χ4n) is 3.78. The molecule has 1 atom stereocenters. The van der Waals surface area contributed by atoms with Crippen LogP contribution in [0.5, 0.6) is 5.75 Å². The maximum absolute atomic E-state index is 13.9.